The molecule has 2 heterocycles. The van der Waals surface area contributed by atoms with Crippen LogP contribution in [0.3, 0.4) is 0 Å². The minimum absolute atomic E-state index is 0.182. The molecule has 0 aliphatic carbocycles. The maximum Gasteiger partial charge on any atom is 0.290 e. The number of hydrogen-bond acceptors (Lipinski definition) is 5. The molecule has 2 rings (SSSR count). The summed E-state index contributed by atoms with van der Waals surface area (Å²) in [5, 5.41) is 0. The fourth-order valence-electron chi connectivity index (χ4n) is 2.61. The number of carbonyl (C=O) groups is 1. The normalized spacial score (nSPS) is 24.6. The number of likely N-dealkylation sites (tertiary alicyclic amines) is 1. The standard InChI is InChI=1S/C13H21N3O3/c1-9-3-4-15(11(5-9)7-14)8-13(18)16-12(17)6-10(2)19-16/h6,9,11H,3-5,7-8,14H2,1-2H3. The lowest BCUT2D eigenvalue weighted by atomic mass is 9.92. The third-order valence-electron chi connectivity index (χ3n) is 3.70. The van der Waals surface area contributed by atoms with Crippen LogP contribution in [0.15, 0.2) is 15.4 Å². The number of piperidine rings is 1. The quantitative estimate of drug-likeness (QED) is 0.860. The Balaban J connectivity index is 2.06. The van der Waals surface area contributed by atoms with E-state index in [9.17, 15) is 9.59 Å². The third kappa shape index (κ3) is 3.13. The third-order valence-corrected chi connectivity index (χ3v) is 3.70. The van der Waals surface area contributed by atoms with Gasteiger partial charge in [0.15, 0.2) is 0 Å². The first kappa shape index (κ1) is 14.0. The van der Waals surface area contributed by atoms with Gasteiger partial charge in [0.05, 0.1) is 6.54 Å². The van der Waals surface area contributed by atoms with Gasteiger partial charge >= 0.3 is 0 Å². The van der Waals surface area contributed by atoms with Gasteiger partial charge < -0.3 is 10.3 Å². The van der Waals surface area contributed by atoms with Crippen LogP contribution < -0.4 is 11.3 Å². The van der Waals surface area contributed by atoms with Crippen molar-refractivity contribution in [3.63, 3.8) is 0 Å². The second-order valence-corrected chi connectivity index (χ2v) is 5.36. The molecular weight excluding hydrogens is 246 g/mol. The summed E-state index contributed by atoms with van der Waals surface area (Å²) in [5.74, 6) is 0.751. The van der Waals surface area contributed by atoms with Crippen molar-refractivity contribution in [1.82, 2.24) is 9.64 Å². The van der Waals surface area contributed by atoms with Crippen LogP contribution in [0.2, 0.25) is 0 Å². The van der Waals surface area contributed by atoms with Gasteiger partial charge in [-0.25, -0.2) is 0 Å². The largest absolute Gasteiger partial charge is 0.373 e. The van der Waals surface area contributed by atoms with Crippen molar-refractivity contribution in [2.45, 2.75) is 32.7 Å². The average molecular weight is 267 g/mol. The molecule has 19 heavy (non-hydrogen) atoms. The monoisotopic (exact) mass is 267 g/mol. The summed E-state index contributed by atoms with van der Waals surface area (Å²) in [7, 11) is 0. The number of aryl methyl sites for hydroxylation is 1. The van der Waals surface area contributed by atoms with Gasteiger partial charge in [0, 0.05) is 18.7 Å². The number of hydrogen-bond donors (Lipinski definition) is 1. The smallest absolute Gasteiger partial charge is 0.290 e. The molecule has 0 saturated carbocycles. The van der Waals surface area contributed by atoms with Gasteiger partial charge in [-0.2, -0.15) is 0 Å². The topological polar surface area (TPSA) is 81.5 Å². The zero-order valence-corrected chi connectivity index (χ0v) is 11.5. The Morgan fingerprint density at radius 2 is 2.32 bits per heavy atom. The number of nitrogens with zero attached hydrogens (tertiary/aromatic N) is 2. The predicted octanol–water partition coefficient (Wildman–Crippen LogP) is 0.449. The molecule has 1 aliphatic heterocycles. The fraction of sp³-hybridized carbons (Fsp3) is 0.692. The van der Waals surface area contributed by atoms with E-state index in [4.69, 9.17) is 10.3 Å². The predicted molar refractivity (Wildman–Crippen MR) is 71.1 cm³/mol. The Bertz CT molecular complexity index is 505. The van der Waals surface area contributed by atoms with E-state index in [2.05, 4.69) is 6.92 Å². The molecule has 2 N–H and O–H groups in total. The number of nitrogens with two attached hydrogens (primary N) is 1. The van der Waals surface area contributed by atoms with Gasteiger partial charge in [-0.1, -0.05) is 6.92 Å². The highest BCUT2D eigenvalue weighted by Gasteiger charge is 2.27. The van der Waals surface area contributed by atoms with Gasteiger partial charge in [-0.3, -0.25) is 14.5 Å². The van der Waals surface area contributed by atoms with Gasteiger partial charge in [-0.05, 0) is 32.2 Å². The highest BCUT2D eigenvalue weighted by atomic mass is 16.5. The fourth-order valence-corrected chi connectivity index (χ4v) is 2.61. The molecule has 0 aromatic carbocycles. The minimum Gasteiger partial charge on any atom is -0.373 e. The number of aromatic nitrogens is 1. The summed E-state index contributed by atoms with van der Waals surface area (Å²) in [6.45, 7) is 5.40. The Morgan fingerprint density at radius 1 is 1.58 bits per heavy atom. The van der Waals surface area contributed by atoms with Gasteiger partial charge in [0.1, 0.15) is 5.76 Å². The van der Waals surface area contributed by atoms with Crippen LogP contribution >= 0.6 is 0 Å². The molecule has 1 aliphatic rings. The van der Waals surface area contributed by atoms with E-state index in [-0.39, 0.29) is 18.5 Å². The van der Waals surface area contributed by atoms with E-state index in [1.54, 1.807) is 6.92 Å². The van der Waals surface area contributed by atoms with Crippen molar-refractivity contribution < 1.29 is 9.32 Å². The number of carbonyl (C=O) groups excluding carboxylic acids is 1. The molecule has 1 aromatic heterocycles. The van der Waals surface area contributed by atoms with Crippen LogP contribution in [0, 0.1) is 12.8 Å². The lowest BCUT2D eigenvalue weighted by Gasteiger charge is -2.37. The SMILES string of the molecule is Cc1cc(=O)n(C(=O)CN2CCC(C)CC2CN)o1. The second kappa shape index (κ2) is 5.71. The molecule has 1 saturated heterocycles. The zero-order valence-electron chi connectivity index (χ0n) is 11.5. The summed E-state index contributed by atoms with van der Waals surface area (Å²) < 4.78 is 5.94. The Kier molecular flexibility index (Phi) is 4.21. The summed E-state index contributed by atoms with van der Waals surface area (Å²) in [4.78, 5) is 25.7. The van der Waals surface area contributed by atoms with Crippen LogP contribution in [-0.4, -0.2) is 41.2 Å². The van der Waals surface area contributed by atoms with Gasteiger partial charge in [-0.15, -0.1) is 4.74 Å². The van der Waals surface area contributed by atoms with E-state index in [1.165, 1.54) is 6.07 Å². The molecule has 1 aromatic rings. The van der Waals surface area contributed by atoms with E-state index in [0.29, 0.717) is 18.2 Å². The van der Waals surface area contributed by atoms with Crippen molar-refractivity contribution >= 4 is 5.91 Å². The minimum atomic E-state index is -0.405. The number of rotatable bonds is 3. The molecule has 6 heteroatoms. The highest BCUT2D eigenvalue weighted by molar-refractivity contribution is 5.79. The van der Waals surface area contributed by atoms with Gasteiger partial charge in [0.25, 0.3) is 11.5 Å². The van der Waals surface area contributed by atoms with Crippen LogP contribution in [0.5, 0.6) is 0 Å². The first-order valence-electron chi connectivity index (χ1n) is 6.68. The lowest BCUT2D eigenvalue weighted by Crippen LogP contribution is -2.49. The van der Waals surface area contributed by atoms with Crippen LogP contribution in [-0.2, 0) is 0 Å². The Hall–Kier alpha value is -1.40. The van der Waals surface area contributed by atoms with Crippen molar-refractivity contribution in [3.05, 3.63) is 22.2 Å². The second-order valence-electron chi connectivity index (χ2n) is 5.36. The van der Waals surface area contributed by atoms with Crippen LogP contribution in [0.25, 0.3) is 0 Å². The molecule has 2 atom stereocenters. The molecule has 106 valence electrons. The molecule has 0 spiro atoms. The Labute approximate surface area is 112 Å². The highest BCUT2D eigenvalue weighted by Crippen LogP contribution is 2.21. The zero-order chi connectivity index (χ0) is 14.0. The van der Waals surface area contributed by atoms with Crippen LogP contribution in [0.4, 0.5) is 0 Å². The Morgan fingerprint density at radius 3 is 2.89 bits per heavy atom. The van der Waals surface area contributed by atoms with Gasteiger partial charge in [0.2, 0.25) is 0 Å². The van der Waals surface area contributed by atoms with Crippen molar-refractivity contribution in [2.24, 2.45) is 11.7 Å². The molecule has 6 nitrogen and oxygen atoms in total. The molecule has 0 radical (unpaired) electrons. The lowest BCUT2D eigenvalue weighted by molar-refractivity contribution is 0.0606. The molecule has 1 fully saturated rings. The van der Waals surface area contributed by atoms with Crippen LogP contribution in [0.1, 0.15) is 30.3 Å². The summed E-state index contributed by atoms with van der Waals surface area (Å²) in [6, 6.07) is 1.52. The molecule has 2 unspecified atom stereocenters. The first-order valence-corrected chi connectivity index (χ1v) is 6.68. The molecular formula is C13H21N3O3. The van der Waals surface area contributed by atoms with Crippen molar-refractivity contribution in [1.29, 1.82) is 0 Å². The van der Waals surface area contributed by atoms with E-state index < -0.39 is 5.56 Å². The van der Waals surface area contributed by atoms with E-state index >= 15 is 0 Å². The molecule has 0 bridgehead atoms. The summed E-state index contributed by atoms with van der Waals surface area (Å²) >= 11 is 0. The van der Waals surface area contributed by atoms with Crippen molar-refractivity contribution in [3.8, 4) is 0 Å². The average Bonchev–Trinajstić information content (AvgIpc) is 2.70. The first-order chi connectivity index (χ1) is 9.01. The van der Waals surface area contributed by atoms with Crippen molar-refractivity contribution in [2.75, 3.05) is 19.6 Å². The van der Waals surface area contributed by atoms with E-state index in [1.807, 2.05) is 4.90 Å². The summed E-state index contributed by atoms with van der Waals surface area (Å²) in [6.07, 6.45) is 2.05. The maximum absolute atomic E-state index is 12.1. The molecule has 0 amide bonds. The van der Waals surface area contributed by atoms with E-state index in [0.717, 1.165) is 24.1 Å². The summed E-state index contributed by atoms with van der Waals surface area (Å²) in [5.41, 5.74) is 5.35. The maximum atomic E-state index is 12.1.